The van der Waals surface area contributed by atoms with Crippen molar-refractivity contribution in [2.45, 2.75) is 17.2 Å². The number of carbonyl (C=O) groups excluding carboxylic acids is 1. The van der Waals surface area contributed by atoms with Crippen LogP contribution >= 0.6 is 0 Å². The van der Waals surface area contributed by atoms with Crippen LogP contribution in [-0.4, -0.2) is 63.4 Å². The second kappa shape index (κ2) is 7.91. The summed E-state index contributed by atoms with van der Waals surface area (Å²) in [5, 5.41) is 0. The number of likely N-dealkylation sites (tertiary alicyclic amines) is 1. The second-order valence-corrected chi connectivity index (χ2v) is 8.86. The third-order valence-corrected chi connectivity index (χ3v) is 6.23. The van der Waals surface area contributed by atoms with Crippen LogP contribution in [0.3, 0.4) is 0 Å². The van der Waals surface area contributed by atoms with Crippen molar-refractivity contribution in [1.29, 1.82) is 0 Å². The maximum Gasteiger partial charge on any atom is 0.256 e. The van der Waals surface area contributed by atoms with Crippen LogP contribution in [0.1, 0.15) is 28.4 Å². The summed E-state index contributed by atoms with van der Waals surface area (Å²) >= 11 is 0. The molecule has 2 aromatic rings. The van der Waals surface area contributed by atoms with Crippen LogP contribution in [0.5, 0.6) is 0 Å². The van der Waals surface area contributed by atoms with E-state index in [9.17, 15) is 22.4 Å². The van der Waals surface area contributed by atoms with Gasteiger partial charge in [-0.2, -0.15) is 0 Å². The molecule has 0 radical (unpaired) electrons. The van der Waals surface area contributed by atoms with Gasteiger partial charge in [-0.25, -0.2) is 22.5 Å². The Morgan fingerprint density at radius 3 is 2.72 bits per heavy atom. The molecular formula is C18H22FN5O4S. The van der Waals surface area contributed by atoms with E-state index in [0.29, 0.717) is 24.6 Å². The summed E-state index contributed by atoms with van der Waals surface area (Å²) < 4.78 is 40.3. The van der Waals surface area contributed by atoms with E-state index in [-0.39, 0.29) is 28.5 Å². The van der Waals surface area contributed by atoms with E-state index >= 15 is 0 Å². The summed E-state index contributed by atoms with van der Waals surface area (Å²) in [6.45, 7) is 0.600. The molecule has 1 aliphatic heterocycles. The van der Waals surface area contributed by atoms with E-state index in [1.54, 1.807) is 19.0 Å². The first-order chi connectivity index (χ1) is 13.6. The van der Waals surface area contributed by atoms with Crippen molar-refractivity contribution < 1.29 is 17.6 Å². The molecule has 2 N–H and O–H groups in total. The predicted molar refractivity (Wildman–Crippen MR) is 105 cm³/mol. The Morgan fingerprint density at radius 2 is 2.07 bits per heavy atom. The molecule has 1 aromatic carbocycles. The van der Waals surface area contributed by atoms with Crippen LogP contribution in [-0.2, 0) is 10.0 Å². The van der Waals surface area contributed by atoms with Crippen molar-refractivity contribution in [3.63, 3.8) is 0 Å². The van der Waals surface area contributed by atoms with Gasteiger partial charge in [0, 0.05) is 39.2 Å². The highest BCUT2D eigenvalue weighted by Gasteiger charge is 2.31. The summed E-state index contributed by atoms with van der Waals surface area (Å²) in [4.78, 5) is 34.7. The van der Waals surface area contributed by atoms with Crippen molar-refractivity contribution in [2.24, 2.45) is 0 Å². The van der Waals surface area contributed by atoms with Crippen LogP contribution in [0.15, 0.2) is 34.0 Å². The summed E-state index contributed by atoms with van der Waals surface area (Å²) in [5.41, 5.74) is -0.0472. The SMILES string of the molecule is CNS(=O)(=O)c1ccc(F)c(C(=O)N2CC[C@H](c3cc(=O)[nH]c(N(C)C)n3)C2)c1. The van der Waals surface area contributed by atoms with E-state index in [2.05, 4.69) is 14.7 Å². The lowest BCUT2D eigenvalue weighted by atomic mass is 10.0. The van der Waals surface area contributed by atoms with E-state index in [4.69, 9.17) is 0 Å². The third kappa shape index (κ3) is 4.30. The van der Waals surface area contributed by atoms with Crippen LogP contribution in [0.4, 0.5) is 10.3 Å². The highest BCUT2D eigenvalue weighted by atomic mass is 32.2. The third-order valence-electron chi connectivity index (χ3n) is 4.81. The van der Waals surface area contributed by atoms with Crippen LogP contribution in [0, 0.1) is 5.82 Å². The molecule has 2 heterocycles. The lowest BCUT2D eigenvalue weighted by Gasteiger charge is -2.18. The second-order valence-electron chi connectivity index (χ2n) is 6.97. The van der Waals surface area contributed by atoms with Crippen LogP contribution < -0.4 is 15.2 Å². The molecule has 1 amide bonds. The van der Waals surface area contributed by atoms with E-state index < -0.39 is 21.7 Å². The average molecular weight is 423 g/mol. The number of aromatic amines is 1. The molecule has 1 fully saturated rings. The molecule has 0 bridgehead atoms. The molecule has 1 aromatic heterocycles. The van der Waals surface area contributed by atoms with Gasteiger partial charge in [0.1, 0.15) is 5.82 Å². The van der Waals surface area contributed by atoms with Crippen molar-refractivity contribution in [3.05, 3.63) is 51.7 Å². The molecule has 156 valence electrons. The molecule has 9 nitrogen and oxygen atoms in total. The number of carbonyl (C=O) groups is 1. The Balaban J connectivity index is 1.85. The molecule has 0 saturated carbocycles. The summed E-state index contributed by atoms with van der Waals surface area (Å²) in [6, 6.07) is 4.50. The summed E-state index contributed by atoms with van der Waals surface area (Å²) in [6.07, 6.45) is 0.561. The smallest absolute Gasteiger partial charge is 0.256 e. The monoisotopic (exact) mass is 423 g/mol. The van der Waals surface area contributed by atoms with Crippen molar-refractivity contribution in [1.82, 2.24) is 19.6 Å². The van der Waals surface area contributed by atoms with Gasteiger partial charge in [0.25, 0.3) is 11.5 Å². The van der Waals surface area contributed by atoms with Gasteiger partial charge in [-0.1, -0.05) is 0 Å². The van der Waals surface area contributed by atoms with Crippen molar-refractivity contribution >= 4 is 21.9 Å². The largest absolute Gasteiger partial charge is 0.348 e. The fourth-order valence-corrected chi connectivity index (χ4v) is 3.95. The Morgan fingerprint density at radius 1 is 1.34 bits per heavy atom. The molecule has 11 heteroatoms. The number of sulfonamides is 1. The normalized spacial score (nSPS) is 16.8. The van der Waals surface area contributed by atoms with Gasteiger partial charge >= 0.3 is 0 Å². The number of hydrogen-bond acceptors (Lipinski definition) is 6. The zero-order valence-electron chi connectivity index (χ0n) is 16.3. The Labute approximate surface area is 167 Å². The first-order valence-electron chi connectivity index (χ1n) is 8.93. The topological polar surface area (TPSA) is 115 Å². The quantitative estimate of drug-likeness (QED) is 0.724. The number of amides is 1. The minimum absolute atomic E-state index is 0.174. The van der Waals surface area contributed by atoms with Gasteiger partial charge < -0.3 is 9.80 Å². The first-order valence-corrected chi connectivity index (χ1v) is 10.4. The number of halogens is 1. The maximum atomic E-state index is 14.3. The van der Waals surface area contributed by atoms with E-state index in [1.807, 2.05) is 0 Å². The average Bonchev–Trinajstić information content (AvgIpc) is 3.17. The number of anilines is 1. The maximum absolute atomic E-state index is 14.3. The van der Waals surface area contributed by atoms with Crippen molar-refractivity contribution in [3.8, 4) is 0 Å². The number of H-pyrrole nitrogens is 1. The molecule has 3 rings (SSSR count). The summed E-state index contributed by atoms with van der Waals surface area (Å²) in [5.74, 6) is -1.16. The number of nitrogens with zero attached hydrogens (tertiary/aromatic N) is 3. The number of aromatic nitrogens is 2. The zero-order valence-corrected chi connectivity index (χ0v) is 17.1. The fraction of sp³-hybridized carbons (Fsp3) is 0.389. The van der Waals surface area contributed by atoms with Crippen molar-refractivity contribution in [2.75, 3.05) is 39.1 Å². The fourth-order valence-electron chi connectivity index (χ4n) is 3.19. The van der Waals surface area contributed by atoms with Gasteiger partial charge in [-0.3, -0.25) is 14.6 Å². The Bertz CT molecular complexity index is 1100. The molecule has 0 unspecified atom stereocenters. The van der Waals surface area contributed by atoms with Crippen LogP contribution in [0.2, 0.25) is 0 Å². The zero-order chi connectivity index (χ0) is 21.3. The molecule has 1 saturated heterocycles. The van der Waals surface area contributed by atoms with Gasteiger partial charge in [0.05, 0.1) is 16.2 Å². The number of nitrogens with one attached hydrogen (secondary N) is 2. The van der Waals surface area contributed by atoms with E-state index in [0.717, 1.165) is 18.2 Å². The molecule has 29 heavy (non-hydrogen) atoms. The minimum atomic E-state index is -3.81. The highest BCUT2D eigenvalue weighted by Crippen LogP contribution is 2.28. The molecular weight excluding hydrogens is 401 g/mol. The standard InChI is InChI=1S/C18H22FN5O4S/c1-20-29(27,28)12-4-5-14(19)13(8-12)17(26)24-7-6-11(10-24)15-9-16(25)22-18(21-15)23(2)3/h4-5,8-9,11,20H,6-7,10H2,1-3H3,(H,21,22,25)/t11-/m0/s1. The lowest BCUT2D eigenvalue weighted by Crippen LogP contribution is -2.30. The lowest BCUT2D eigenvalue weighted by molar-refractivity contribution is 0.0785. The number of hydrogen-bond donors (Lipinski definition) is 2. The Kier molecular flexibility index (Phi) is 5.71. The van der Waals surface area contributed by atoms with Gasteiger partial charge in [-0.15, -0.1) is 0 Å². The van der Waals surface area contributed by atoms with Gasteiger partial charge in [0.15, 0.2) is 0 Å². The predicted octanol–water partition coefficient (Wildman–Crippen LogP) is 0.513. The Hall–Kier alpha value is -2.79. The number of rotatable bonds is 5. The van der Waals surface area contributed by atoms with Gasteiger partial charge in [0.2, 0.25) is 16.0 Å². The van der Waals surface area contributed by atoms with Crippen LogP contribution in [0.25, 0.3) is 0 Å². The molecule has 0 spiro atoms. The molecule has 1 atom stereocenters. The van der Waals surface area contributed by atoms with E-state index in [1.165, 1.54) is 18.0 Å². The highest BCUT2D eigenvalue weighted by molar-refractivity contribution is 7.89. The molecule has 1 aliphatic rings. The summed E-state index contributed by atoms with van der Waals surface area (Å²) in [7, 11) is 0.935. The first kappa shape index (κ1) is 20.9. The molecule has 0 aliphatic carbocycles. The van der Waals surface area contributed by atoms with Gasteiger partial charge in [-0.05, 0) is 31.7 Å². The number of benzene rings is 1. The minimum Gasteiger partial charge on any atom is -0.348 e.